The molecule has 0 saturated heterocycles. The Labute approximate surface area is 126 Å². The van der Waals surface area contributed by atoms with E-state index in [1.165, 1.54) is 11.6 Å². The van der Waals surface area contributed by atoms with E-state index in [-0.39, 0.29) is 11.7 Å². The zero-order valence-corrected chi connectivity index (χ0v) is 13.0. The van der Waals surface area contributed by atoms with Gasteiger partial charge in [-0.3, -0.25) is 0 Å². The van der Waals surface area contributed by atoms with Crippen LogP contribution >= 0.6 is 27.5 Å². The van der Waals surface area contributed by atoms with E-state index in [1.54, 1.807) is 6.07 Å². The molecule has 2 rings (SSSR count). The van der Waals surface area contributed by atoms with Crippen LogP contribution in [0.15, 0.2) is 46.9 Å². The van der Waals surface area contributed by atoms with Gasteiger partial charge >= 0.3 is 0 Å². The fourth-order valence-electron chi connectivity index (χ4n) is 2.18. The van der Waals surface area contributed by atoms with Crippen molar-refractivity contribution >= 4 is 27.5 Å². The first-order valence-corrected chi connectivity index (χ1v) is 7.49. The van der Waals surface area contributed by atoms with E-state index in [0.717, 1.165) is 22.0 Å². The summed E-state index contributed by atoms with van der Waals surface area (Å²) in [5.41, 5.74) is 3.32. The molecule has 0 spiro atoms. The Hall–Kier alpha value is -0.860. The largest absolute Gasteiger partial charge is 0.207 e. The summed E-state index contributed by atoms with van der Waals surface area (Å²) in [6, 6.07) is 13.1. The molecule has 0 aliphatic rings. The van der Waals surface area contributed by atoms with Gasteiger partial charge in [0.1, 0.15) is 5.82 Å². The van der Waals surface area contributed by atoms with Gasteiger partial charge in [0.05, 0.1) is 0 Å². The Morgan fingerprint density at radius 1 is 1.21 bits per heavy atom. The molecule has 0 bridgehead atoms. The molecular formula is C16H15BrClF. The van der Waals surface area contributed by atoms with Crippen LogP contribution in [-0.4, -0.2) is 5.88 Å². The lowest BCUT2D eigenvalue weighted by atomic mass is 9.91. The van der Waals surface area contributed by atoms with Crippen LogP contribution in [0.3, 0.4) is 0 Å². The van der Waals surface area contributed by atoms with Crippen molar-refractivity contribution in [1.82, 2.24) is 0 Å². The smallest absolute Gasteiger partial charge is 0.123 e. The maximum atomic E-state index is 13.1. The number of hydrogen-bond donors (Lipinski definition) is 0. The zero-order valence-electron chi connectivity index (χ0n) is 10.7. The van der Waals surface area contributed by atoms with Gasteiger partial charge in [0.25, 0.3) is 0 Å². The second-order valence-electron chi connectivity index (χ2n) is 4.68. The number of benzene rings is 2. The summed E-state index contributed by atoms with van der Waals surface area (Å²) < 4.78 is 14.2. The van der Waals surface area contributed by atoms with Crippen LogP contribution in [0.2, 0.25) is 0 Å². The van der Waals surface area contributed by atoms with Crippen molar-refractivity contribution in [2.75, 3.05) is 5.88 Å². The van der Waals surface area contributed by atoms with Crippen molar-refractivity contribution in [3.8, 4) is 0 Å². The molecule has 2 aromatic carbocycles. The molecule has 0 aliphatic heterocycles. The maximum Gasteiger partial charge on any atom is 0.123 e. The summed E-state index contributed by atoms with van der Waals surface area (Å²) in [5.74, 6) is 0.599. The fourth-order valence-corrected chi connectivity index (χ4v) is 2.88. The molecular weight excluding hydrogens is 327 g/mol. The summed E-state index contributed by atoms with van der Waals surface area (Å²) in [6.07, 6.45) is 0.825. The van der Waals surface area contributed by atoms with Crippen LogP contribution in [0.25, 0.3) is 0 Å². The van der Waals surface area contributed by atoms with Gasteiger partial charge in [-0.25, -0.2) is 4.39 Å². The monoisotopic (exact) mass is 340 g/mol. The van der Waals surface area contributed by atoms with E-state index in [0.29, 0.717) is 5.88 Å². The number of halogens is 3. The van der Waals surface area contributed by atoms with Gasteiger partial charge in [-0.1, -0.05) is 34.1 Å². The lowest BCUT2D eigenvalue weighted by Crippen LogP contribution is -2.06. The Morgan fingerprint density at radius 3 is 2.63 bits per heavy atom. The van der Waals surface area contributed by atoms with E-state index >= 15 is 0 Å². The molecule has 0 saturated carbocycles. The molecule has 2 aromatic rings. The number of alkyl halides is 1. The van der Waals surface area contributed by atoms with Crippen LogP contribution in [0, 0.1) is 12.7 Å². The molecule has 19 heavy (non-hydrogen) atoms. The predicted octanol–water partition coefficient (Wildman–Crippen LogP) is 5.46. The maximum absolute atomic E-state index is 13.1. The van der Waals surface area contributed by atoms with Crippen molar-refractivity contribution in [1.29, 1.82) is 0 Å². The Morgan fingerprint density at radius 2 is 2.00 bits per heavy atom. The lowest BCUT2D eigenvalue weighted by molar-refractivity contribution is 0.624. The van der Waals surface area contributed by atoms with Gasteiger partial charge in [-0.05, 0) is 54.3 Å². The van der Waals surface area contributed by atoms with Crippen molar-refractivity contribution in [2.24, 2.45) is 0 Å². The molecule has 1 atom stereocenters. The van der Waals surface area contributed by atoms with Crippen LogP contribution in [-0.2, 0) is 6.42 Å². The van der Waals surface area contributed by atoms with Crippen LogP contribution in [0.1, 0.15) is 22.6 Å². The van der Waals surface area contributed by atoms with Gasteiger partial charge in [0.2, 0.25) is 0 Å². The molecule has 0 fully saturated rings. The first-order valence-electron chi connectivity index (χ1n) is 6.16. The molecule has 0 aliphatic carbocycles. The van der Waals surface area contributed by atoms with Crippen LogP contribution in [0.5, 0.6) is 0 Å². The van der Waals surface area contributed by atoms with Crippen molar-refractivity contribution in [3.63, 3.8) is 0 Å². The second-order valence-corrected chi connectivity index (χ2v) is 5.91. The summed E-state index contributed by atoms with van der Waals surface area (Å²) in [6.45, 7) is 1.94. The minimum absolute atomic E-state index is 0.189. The van der Waals surface area contributed by atoms with Gasteiger partial charge < -0.3 is 0 Å². The topological polar surface area (TPSA) is 0 Å². The molecule has 0 heterocycles. The van der Waals surface area contributed by atoms with E-state index in [2.05, 4.69) is 28.1 Å². The highest BCUT2D eigenvalue weighted by molar-refractivity contribution is 9.10. The first kappa shape index (κ1) is 14.5. The average Bonchev–Trinajstić information content (AvgIpc) is 2.38. The molecule has 0 amide bonds. The van der Waals surface area contributed by atoms with Gasteiger partial charge in [0.15, 0.2) is 0 Å². The molecule has 0 aromatic heterocycles. The lowest BCUT2D eigenvalue weighted by Gasteiger charge is -2.16. The molecule has 0 radical (unpaired) electrons. The van der Waals surface area contributed by atoms with E-state index < -0.39 is 0 Å². The van der Waals surface area contributed by atoms with Gasteiger partial charge in [-0.2, -0.15) is 0 Å². The highest BCUT2D eigenvalue weighted by Gasteiger charge is 2.13. The average molecular weight is 342 g/mol. The summed E-state index contributed by atoms with van der Waals surface area (Å²) in [7, 11) is 0. The van der Waals surface area contributed by atoms with Crippen molar-refractivity contribution in [2.45, 2.75) is 19.3 Å². The van der Waals surface area contributed by atoms with E-state index in [1.807, 2.05) is 25.1 Å². The second kappa shape index (κ2) is 6.53. The van der Waals surface area contributed by atoms with Gasteiger partial charge in [0, 0.05) is 16.3 Å². The van der Waals surface area contributed by atoms with Gasteiger partial charge in [-0.15, -0.1) is 11.6 Å². The zero-order chi connectivity index (χ0) is 13.8. The third-order valence-corrected chi connectivity index (χ3v) is 4.14. The molecule has 3 heteroatoms. The van der Waals surface area contributed by atoms with Crippen LogP contribution in [0.4, 0.5) is 4.39 Å². The Balaban J connectivity index is 2.24. The van der Waals surface area contributed by atoms with E-state index in [9.17, 15) is 4.39 Å². The molecule has 100 valence electrons. The first-order chi connectivity index (χ1) is 9.10. The third-order valence-electron chi connectivity index (χ3n) is 3.28. The minimum atomic E-state index is -0.189. The quantitative estimate of drug-likeness (QED) is 0.648. The third kappa shape index (κ3) is 3.80. The highest BCUT2D eigenvalue weighted by atomic mass is 79.9. The summed E-state index contributed by atoms with van der Waals surface area (Å²) in [4.78, 5) is 0. The highest BCUT2D eigenvalue weighted by Crippen LogP contribution is 2.26. The standard InChI is InChI=1S/C16H15BrClF/c1-11-7-16(19)6-5-12(11)8-14(10-18)13-3-2-4-15(17)9-13/h2-7,9,14H,8,10H2,1H3. The number of hydrogen-bond acceptors (Lipinski definition) is 0. The number of rotatable bonds is 4. The predicted molar refractivity (Wildman–Crippen MR) is 82.4 cm³/mol. The minimum Gasteiger partial charge on any atom is -0.207 e. The van der Waals surface area contributed by atoms with Crippen molar-refractivity contribution in [3.05, 3.63) is 69.4 Å². The Kier molecular flexibility index (Phi) is 5.00. The fraction of sp³-hybridized carbons (Fsp3) is 0.250. The molecule has 0 N–H and O–H groups in total. The van der Waals surface area contributed by atoms with Crippen molar-refractivity contribution < 1.29 is 4.39 Å². The van der Waals surface area contributed by atoms with Crippen LogP contribution < -0.4 is 0 Å². The number of aryl methyl sites for hydroxylation is 1. The molecule has 1 unspecified atom stereocenters. The van der Waals surface area contributed by atoms with E-state index in [4.69, 9.17) is 11.6 Å². The molecule has 0 nitrogen and oxygen atoms in total. The Bertz CT molecular complexity index is 568. The normalized spacial score (nSPS) is 12.4. The summed E-state index contributed by atoms with van der Waals surface area (Å²) >= 11 is 9.57. The SMILES string of the molecule is Cc1cc(F)ccc1CC(CCl)c1cccc(Br)c1. The summed E-state index contributed by atoms with van der Waals surface area (Å²) in [5, 5.41) is 0.